The Labute approximate surface area is 146 Å². The standard InChI is InChI=1S/C18H24N4O3/c1-12-5-6-16-19-8-15(18(24)22(16)9-12)17(23)21(3)10-13-7-14(25-4)11-20(13)2/h5-6,8-9,13-14H,7,10-11H2,1-4H3/t13-,14-/m0/s1. The number of nitrogens with zero attached hydrogens (tertiary/aromatic N) is 4. The van der Waals surface area contributed by atoms with Gasteiger partial charge in [-0.25, -0.2) is 4.98 Å². The summed E-state index contributed by atoms with van der Waals surface area (Å²) in [5.74, 6) is -0.303. The highest BCUT2D eigenvalue weighted by atomic mass is 16.5. The molecule has 1 aliphatic rings. The lowest BCUT2D eigenvalue weighted by Gasteiger charge is -2.25. The van der Waals surface area contributed by atoms with Crippen molar-refractivity contribution in [1.29, 1.82) is 0 Å². The van der Waals surface area contributed by atoms with Crippen molar-refractivity contribution in [3.05, 3.63) is 46.0 Å². The molecule has 1 amide bonds. The zero-order valence-electron chi connectivity index (χ0n) is 15.1. The van der Waals surface area contributed by atoms with Crippen LogP contribution in [0.1, 0.15) is 22.3 Å². The summed E-state index contributed by atoms with van der Waals surface area (Å²) >= 11 is 0. The molecule has 25 heavy (non-hydrogen) atoms. The van der Waals surface area contributed by atoms with Gasteiger partial charge in [0.25, 0.3) is 11.5 Å². The molecule has 7 nitrogen and oxygen atoms in total. The summed E-state index contributed by atoms with van der Waals surface area (Å²) in [4.78, 5) is 33.5. The molecule has 3 heterocycles. The number of rotatable bonds is 4. The molecule has 0 unspecified atom stereocenters. The molecule has 3 rings (SSSR count). The number of aryl methyl sites for hydroxylation is 1. The normalized spacial score (nSPS) is 21.0. The number of ether oxygens (including phenoxy) is 1. The molecule has 0 spiro atoms. The molecule has 1 aliphatic heterocycles. The van der Waals surface area contributed by atoms with E-state index >= 15 is 0 Å². The number of aromatic nitrogens is 2. The van der Waals surface area contributed by atoms with Crippen molar-refractivity contribution in [3.63, 3.8) is 0 Å². The van der Waals surface area contributed by atoms with Gasteiger partial charge in [0, 0.05) is 45.7 Å². The molecule has 0 saturated carbocycles. The van der Waals surface area contributed by atoms with E-state index in [9.17, 15) is 9.59 Å². The van der Waals surface area contributed by atoms with Gasteiger partial charge in [-0.05, 0) is 32.0 Å². The second kappa shape index (κ2) is 6.93. The first-order valence-electron chi connectivity index (χ1n) is 8.37. The minimum atomic E-state index is -0.333. The monoisotopic (exact) mass is 344 g/mol. The first-order valence-corrected chi connectivity index (χ1v) is 8.37. The van der Waals surface area contributed by atoms with Gasteiger partial charge in [-0.1, -0.05) is 6.07 Å². The number of methoxy groups -OCH3 is 1. The van der Waals surface area contributed by atoms with Crippen LogP contribution in [0.5, 0.6) is 0 Å². The van der Waals surface area contributed by atoms with E-state index in [1.807, 2.05) is 20.0 Å². The van der Waals surface area contributed by atoms with E-state index in [-0.39, 0.29) is 29.2 Å². The molecule has 7 heteroatoms. The molecule has 0 radical (unpaired) electrons. The van der Waals surface area contributed by atoms with E-state index in [2.05, 4.69) is 9.88 Å². The fourth-order valence-corrected chi connectivity index (χ4v) is 3.35. The molecule has 1 saturated heterocycles. The van der Waals surface area contributed by atoms with Gasteiger partial charge in [0.1, 0.15) is 11.2 Å². The van der Waals surface area contributed by atoms with Crippen LogP contribution in [0.4, 0.5) is 0 Å². The SMILES string of the molecule is CO[C@H]1C[C@@H](CN(C)C(=O)c2cnc3ccc(C)cn3c2=O)N(C)C1. The third kappa shape index (κ3) is 3.43. The summed E-state index contributed by atoms with van der Waals surface area (Å²) in [6.45, 7) is 3.29. The van der Waals surface area contributed by atoms with Crippen LogP contribution in [0.3, 0.4) is 0 Å². The van der Waals surface area contributed by atoms with Crippen LogP contribution in [-0.4, -0.2) is 71.5 Å². The number of amides is 1. The van der Waals surface area contributed by atoms with Crippen molar-refractivity contribution in [2.75, 3.05) is 34.3 Å². The number of fused-ring (bicyclic) bond motifs is 1. The highest BCUT2D eigenvalue weighted by molar-refractivity contribution is 5.93. The maximum Gasteiger partial charge on any atom is 0.270 e. The second-order valence-corrected chi connectivity index (χ2v) is 6.78. The Hall–Kier alpha value is -2.25. The number of likely N-dealkylation sites (tertiary alicyclic amines) is 1. The van der Waals surface area contributed by atoms with E-state index in [1.54, 1.807) is 31.3 Å². The Kier molecular flexibility index (Phi) is 4.87. The third-order valence-corrected chi connectivity index (χ3v) is 4.89. The van der Waals surface area contributed by atoms with Crippen LogP contribution in [0, 0.1) is 6.92 Å². The average molecular weight is 344 g/mol. The quantitative estimate of drug-likeness (QED) is 0.820. The Morgan fingerprint density at radius 2 is 2.20 bits per heavy atom. The predicted octanol–water partition coefficient (Wildman–Crippen LogP) is 0.794. The van der Waals surface area contributed by atoms with Crippen molar-refractivity contribution in [2.24, 2.45) is 0 Å². The summed E-state index contributed by atoms with van der Waals surface area (Å²) < 4.78 is 6.84. The average Bonchev–Trinajstić information content (AvgIpc) is 2.95. The van der Waals surface area contributed by atoms with Crippen LogP contribution in [0.15, 0.2) is 29.3 Å². The Bertz CT molecular complexity index is 848. The van der Waals surface area contributed by atoms with Gasteiger partial charge >= 0.3 is 0 Å². The molecule has 0 N–H and O–H groups in total. The van der Waals surface area contributed by atoms with Gasteiger partial charge in [0.2, 0.25) is 0 Å². The maximum atomic E-state index is 12.8. The molecule has 2 aromatic rings. The predicted molar refractivity (Wildman–Crippen MR) is 95.0 cm³/mol. The molecule has 0 aromatic carbocycles. The van der Waals surface area contributed by atoms with Crippen molar-refractivity contribution in [3.8, 4) is 0 Å². The summed E-state index contributed by atoms with van der Waals surface area (Å²) in [5, 5.41) is 0. The molecule has 134 valence electrons. The largest absolute Gasteiger partial charge is 0.380 e. The maximum absolute atomic E-state index is 12.8. The molecule has 2 aromatic heterocycles. The number of carbonyl (C=O) groups is 1. The minimum Gasteiger partial charge on any atom is -0.380 e. The highest BCUT2D eigenvalue weighted by Crippen LogP contribution is 2.19. The summed E-state index contributed by atoms with van der Waals surface area (Å²) in [5.41, 5.74) is 1.23. The minimum absolute atomic E-state index is 0.0922. The fraction of sp³-hybridized carbons (Fsp3) is 0.500. The summed E-state index contributed by atoms with van der Waals surface area (Å²) in [7, 11) is 5.46. The van der Waals surface area contributed by atoms with Crippen LogP contribution in [0.25, 0.3) is 5.65 Å². The summed E-state index contributed by atoms with van der Waals surface area (Å²) in [6, 6.07) is 3.88. The number of likely N-dealkylation sites (N-methyl/N-ethyl adjacent to an activating group) is 2. The number of hydrogen-bond acceptors (Lipinski definition) is 5. The number of hydrogen-bond donors (Lipinski definition) is 0. The van der Waals surface area contributed by atoms with E-state index in [1.165, 1.54) is 10.6 Å². The van der Waals surface area contributed by atoms with E-state index in [0.717, 1.165) is 18.5 Å². The lowest BCUT2D eigenvalue weighted by molar-refractivity contribution is 0.0758. The second-order valence-electron chi connectivity index (χ2n) is 6.78. The molecular formula is C18H24N4O3. The Morgan fingerprint density at radius 3 is 2.88 bits per heavy atom. The number of pyridine rings is 1. The van der Waals surface area contributed by atoms with Crippen molar-refractivity contribution >= 4 is 11.6 Å². The van der Waals surface area contributed by atoms with Crippen LogP contribution in [0.2, 0.25) is 0 Å². The van der Waals surface area contributed by atoms with Gasteiger partial charge in [-0.2, -0.15) is 0 Å². The molecule has 0 bridgehead atoms. The van der Waals surface area contributed by atoms with Crippen molar-refractivity contribution in [1.82, 2.24) is 19.2 Å². The lowest BCUT2D eigenvalue weighted by atomic mass is 10.1. The van der Waals surface area contributed by atoms with Crippen molar-refractivity contribution < 1.29 is 9.53 Å². The Morgan fingerprint density at radius 1 is 1.44 bits per heavy atom. The molecule has 0 aliphatic carbocycles. The molecular weight excluding hydrogens is 320 g/mol. The van der Waals surface area contributed by atoms with Gasteiger partial charge in [-0.3, -0.25) is 18.9 Å². The smallest absolute Gasteiger partial charge is 0.270 e. The van der Waals surface area contributed by atoms with Gasteiger partial charge in [0.05, 0.1) is 6.10 Å². The molecule has 2 atom stereocenters. The highest BCUT2D eigenvalue weighted by Gasteiger charge is 2.31. The van der Waals surface area contributed by atoms with Crippen LogP contribution < -0.4 is 5.56 Å². The zero-order valence-corrected chi connectivity index (χ0v) is 15.1. The molecule has 1 fully saturated rings. The fourth-order valence-electron chi connectivity index (χ4n) is 3.35. The van der Waals surface area contributed by atoms with E-state index in [4.69, 9.17) is 4.74 Å². The third-order valence-electron chi connectivity index (χ3n) is 4.89. The Balaban J connectivity index is 1.82. The van der Waals surface area contributed by atoms with E-state index in [0.29, 0.717) is 12.2 Å². The first-order chi connectivity index (χ1) is 11.9. The van der Waals surface area contributed by atoms with Gasteiger partial charge in [0.15, 0.2) is 0 Å². The van der Waals surface area contributed by atoms with E-state index < -0.39 is 0 Å². The zero-order chi connectivity index (χ0) is 18.1. The first kappa shape index (κ1) is 17.6. The van der Waals surface area contributed by atoms with Gasteiger partial charge in [-0.15, -0.1) is 0 Å². The summed E-state index contributed by atoms with van der Waals surface area (Å²) in [6.07, 6.45) is 4.14. The van der Waals surface area contributed by atoms with Crippen molar-refractivity contribution in [2.45, 2.75) is 25.5 Å². The van der Waals surface area contributed by atoms with Crippen LogP contribution >= 0.6 is 0 Å². The number of carbonyl (C=O) groups excluding carboxylic acids is 1. The van der Waals surface area contributed by atoms with Crippen LogP contribution in [-0.2, 0) is 4.74 Å². The van der Waals surface area contributed by atoms with Gasteiger partial charge < -0.3 is 9.64 Å². The lowest BCUT2D eigenvalue weighted by Crippen LogP contribution is -2.41. The topological polar surface area (TPSA) is 67.2 Å².